The third kappa shape index (κ3) is 3.21. The van der Waals surface area contributed by atoms with Crippen molar-refractivity contribution in [1.82, 2.24) is 5.32 Å². The Hall–Kier alpha value is -0.720. The van der Waals surface area contributed by atoms with Gasteiger partial charge in [0.1, 0.15) is 5.78 Å². The van der Waals surface area contributed by atoms with Gasteiger partial charge in [-0.05, 0) is 31.3 Å². The summed E-state index contributed by atoms with van der Waals surface area (Å²) in [5.74, 6) is 0.183. The largest absolute Gasteiger partial charge is 0.310 e. The first-order chi connectivity index (χ1) is 6.63. The summed E-state index contributed by atoms with van der Waals surface area (Å²) in [4.78, 5) is 11.2. The molecule has 0 saturated carbocycles. The Bertz CT molecular complexity index is 308. The molecule has 0 aromatic heterocycles. The lowest BCUT2D eigenvalue weighted by atomic mass is 10.0. The fourth-order valence-electron chi connectivity index (χ4n) is 1.34. The van der Waals surface area contributed by atoms with Gasteiger partial charge in [0.05, 0.1) is 6.04 Å². The van der Waals surface area contributed by atoms with E-state index in [-0.39, 0.29) is 11.8 Å². The third-order valence-electron chi connectivity index (χ3n) is 2.26. The molecule has 1 aromatic carbocycles. The number of ketones is 1. The van der Waals surface area contributed by atoms with Crippen LogP contribution in [0.15, 0.2) is 24.3 Å². The van der Waals surface area contributed by atoms with E-state index in [4.69, 9.17) is 0 Å². The van der Waals surface area contributed by atoms with Crippen LogP contribution >= 0.6 is 9.24 Å². The zero-order valence-corrected chi connectivity index (χ0v) is 9.73. The highest BCUT2D eigenvalue weighted by atomic mass is 31.0. The summed E-state index contributed by atoms with van der Waals surface area (Å²) in [6, 6.07) is 8.11. The van der Waals surface area contributed by atoms with Crippen molar-refractivity contribution in [3.63, 3.8) is 0 Å². The van der Waals surface area contributed by atoms with E-state index in [0.29, 0.717) is 0 Å². The van der Waals surface area contributed by atoms with Crippen LogP contribution in [0.3, 0.4) is 0 Å². The first-order valence-electron chi connectivity index (χ1n) is 4.65. The fourth-order valence-corrected chi connectivity index (χ4v) is 1.53. The van der Waals surface area contributed by atoms with Gasteiger partial charge in [0.25, 0.3) is 0 Å². The SMILES string of the molecule is CNC(Cc1ccc(P)cc1)C(C)=O. The summed E-state index contributed by atoms with van der Waals surface area (Å²) in [6.45, 7) is 1.62. The highest BCUT2D eigenvalue weighted by Crippen LogP contribution is 2.03. The van der Waals surface area contributed by atoms with E-state index in [2.05, 4.69) is 26.7 Å². The Labute approximate surface area is 87.3 Å². The van der Waals surface area contributed by atoms with E-state index in [1.165, 1.54) is 5.56 Å². The maximum Gasteiger partial charge on any atom is 0.147 e. The lowest BCUT2D eigenvalue weighted by Gasteiger charge is -2.12. The second-order valence-corrected chi connectivity index (χ2v) is 4.06. The standard InChI is InChI=1S/C11H16NOP/c1-8(13)11(12-2)7-9-3-5-10(14)6-4-9/h3-6,11-12H,7,14H2,1-2H3. The summed E-state index contributed by atoms with van der Waals surface area (Å²) < 4.78 is 0. The molecule has 0 aliphatic carbocycles. The van der Waals surface area contributed by atoms with Gasteiger partial charge in [-0.15, -0.1) is 9.24 Å². The summed E-state index contributed by atoms with van der Waals surface area (Å²) in [5.41, 5.74) is 1.19. The Kier molecular flexibility index (Phi) is 4.24. The number of hydrogen-bond acceptors (Lipinski definition) is 2. The topological polar surface area (TPSA) is 29.1 Å². The number of likely N-dealkylation sites (N-methyl/N-ethyl adjacent to an activating group) is 1. The molecule has 0 bridgehead atoms. The predicted octanol–water partition coefficient (Wildman–Crippen LogP) is 0.906. The first-order valence-corrected chi connectivity index (χ1v) is 5.23. The molecule has 1 aromatic rings. The monoisotopic (exact) mass is 209 g/mol. The average Bonchev–Trinajstić information content (AvgIpc) is 2.16. The summed E-state index contributed by atoms with van der Waals surface area (Å²) >= 11 is 0. The highest BCUT2D eigenvalue weighted by Gasteiger charge is 2.11. The number of carbonyl (C=O) groups excluding carboxylic acids is 1. The maximum absolute atomic E-state index is 11.2. The quantitative estimate of drug-likeness (QED) is 0.747. The summed E-state index contributed by atoms with van der Waals surface area (Å²) in [5, 5.41) is 4.17. The van der Waals surface area contributed by atoms with Gasteiger partial charge < -0.3 is 5.32 Å². The molecule has 1 rings (SSSR count). The van der Waals surface area contributed by atoms with E-state index < -0.39 is 0 Å². The molecule has 76 valence electrons. The molecule has 0 fully saturated rings. The van der Waals surface area contributed by atoms with Crippen molar-refractivity contribution in [2.24, 2.45) is 0 Å². The summed E-state index contributed by atoms with van der Waals surface area (Å²) in [7, 11) is 4.46. The number of rotatable bonds is 4. The predicted molar refractivity (Wildman–Crippen MR) is 63.0 cm³/mol. The van der Waals surface area contributed by atoms with Gasteiger partial charge in [-0.3, -0.25) is 4.79 Å². The van der Waals surface area contributed by atoms with Crippen LogP contribution in [0.1, 0.15) is 12.5 Å². The van der Waals surface area contributed by atoms with E-state index in [9.17, 15) is 4.79 Å². The molecule has 14 heavy (non-hydrogen) atoms. The van der Waals surface area contributed by atoms with E-state index in [0.717, 1.165) is 11.7 Å². The molecule has 0 aliphatic heterocycles. The molecular weight excluding hydrogens is 193 g/mol. The number of hydrogen-bond donors (Lipinski definition) is 1. The number of Topliss-reactive ketones (excluding diaryl/α,β-unsaturated/α-hetero) is 1. The smallest absolute Gasteiger partial charge is 0.147 e. The van der Waals surface area contributed by atoms with Crippen molar-refractivity contribution in [1.29, 1.82) is 0 Å². The summed E-state index contributed by atoms with van der Waals surface area (Å²) in [6.07, 6.45) is 0.761. The minimum absolute atomic E-state index is 0.0645. The van der Waals surface area contributed by atoms with Crippen molar-refractivity contribution in [3.05, 3.63) is 29.8 Å². The number of benzene rings is 1. The van der Waals surface area contributed by atoms with Crippen molar-refractivity contribution in [2.75, 3.05) is 7.05 Å². The Morgan fingerprint density at radius 2 is 2.00 bits per heavy atom. The molecule has 0 saturated heterocycles. The Balaban J connectivity index is 2.67. The van der Waals surface area contributed by atoms with Crippen LogP contribution in [0, 0.1) is 0 Å². The minimum atomic E-state index is -0.0645. The fraction of sp³-hybridized carbons (Fsp3) is 0.364. The third-order valence-corrected chi connectivity index (χ3v) is 2.64. The zero-order chi connectivity index (χ0) is 10.6. The highest BCUT2D eigenvalue weighted by molar-refractivity contribution is 7.27. The first kappa shape index (κ1) is 11.4. The van der Waals surface area contributed by atoms with E-state index in [1.54, 1.807) is 6.92 Å². The van der Waals surface area contributed by atoms with Crippen LogP contribution < -0.4 is 10.6 Å². The molecule has 2 nitrogen and oxygen atoms in total. The average molecular weight is 209 g/mol. The van der Waals surface area contributed by atoms with Gasteiger partial charge in [0.15, 0.2) is 0 Å². The van der Waals surface area contributed by atoms with Gasteiger partial charge in [-0.25, -0.2) is 0 Å². The van der Waals surface area contributed by atoms with Crippen LogP contribution in [0.4, 0.5) is 0 Å². The lowest BCUT2D eigenvalue weighted by molar-refractivity contribution is -0.118. The van der Waals surface area contributed by atoms with Crippen LogP contribution in [-0.4, -0.2) is 18.9 Å². The zero-order valence-electron chi connectivity index (χ0n) is 8.58. The molecule has 0 radical (unpaired) electrons. The lowest BCUT2D eigenvalue weighted by Crippen LogP contribution is -2.34. The molecule has 2 unspecified atom stereocenters. The molecule has 0 amide bonds. The van der Waals surface area contributed by atoms with Gasteiger partial charge >= 0.3 is 0 Å². The molecule has 0 spiro atoms. The Morgan fingerprint density at radius 1 is 1.43 bits per heavy atom. The second kappa shape index (κ2) is 5.23. The van der Waals surface area contributed by atoms with Crippen LogP contribution in [-0.2, 0) is 11.2 Å². The van der Waals surface area contributed by atoms with Crippen molar-refractivity contribution in [3.8, 4) is 0 Å². The van der Waals surface area contributed by atoms with Crippen molar-refractivity contribution >= 4 is 20.3 Å². The van der Waals surface area contributed by atoms with E-state index in [1.807, 2.05) is 19.2 Å². The maximum atomic E-state index is 11.2. The molecule has 3 heteroatoms. The van der Waals surface area contributed by atoms with Crippen LogP contribution in [0.2, 0.25) is 0 Å². The minimum Gasteiger partial charge on any atom is -0.310 e. The molecule has 1 N–H and O–H groups in total. The van der Waals surface area contributed by atoms with Crippen LogP contribution in [0.5, 0.6) is 0 Å². The number of nitrogens with one attached hydrogen (secondary N) is 1. The molecular formula is C11H16NOP. The Morgan fingerprint density at radius 3 is 2.43 bits per heavy atom. The van der Waals surface area contributed by atoms with E-state index >= 15 is 0 Å². The van der Waals surface area contributed by atoms with Gasteiger partial charge in [0, 0.05) is 0 Å². The molecule has 0 aliphatic rings. The number of carbonyl (C=O) groups is 1. The van der Waals surface area contributed by atoms with Crippen LogP contribution in [0.25, 0.3) is 0 Å². The van der Waals surface area contributed by atoms with Gasteiger partial charge in [-0.1, -0.05) is 24.3 Å². The van der Waals surface area contributed by atoms with Gasteiger partial charge in [-0.2, -0.15) is 0 Å². The normalized spacial score (nSPS) is 12.5. The molecule has 2 atom stereocenters. The molecule has 0 heterocycles. The van der Waals surface area contributed by atoms with Crippen molar-refractivity contribution in [2.45, 2.75) is 19.4 Å². The van der Waals surface area contributed by atoms with Gasteiger partial charge in [0.2, 0.25) is 0 Å². The van der Waals surface area contributed by atoms with Crippen molar-refractivity contribution < 1.29 is 4.79 Å². The second-order valence-electron chi connectivity index (χ2n) is 3.40.